The van der Waals surface area contributed by atoms with Gasteiger partial charge in [-0.25, -0.2) is 0 Å². The van der Waals surface area contributed by atoms with Gasteiger partial charge in [0.05, 0.1) is 18.0 Å². The average Bonchev–Trinajstić information content (AvgIpc) is 2.64. The van der Waals surface area contributed by atoms with E-state index >= 15 is 0 Å². The van der Waals surface area contributed by atoms with E-state index in [0.29, 0.717) is 6.54 Å². The molecule has 0 aromatic carbocycles. The lowest BCUT2D eigenvalue weighted by molar-refractivity contribution is -0.121. The predicted octanol–water partition coefficient (Wildman–Crippen LogP) is 1.31. The first-order valence-electron chi connectivity index (χ1n) is 5.57. The van der Waals surface area contributed by atoms with E-state index in [1.54, 1.807) is 11.9 Å². The van der Waals surface area contributed by atoms with Gasteiger partial charge in [-0.3, -0.25) is 14.5 Å². The zero-order chi connectivity index (χ0) is 12.8. The van der Waals surface area contributed by atoms with Gasteiger partial charge in [0.15, 0.2) is 5.78 Å². The van der Waals surface area contributed by atoms with Crippen LogP contribution in [0.3, 0.4) is 0 Å². The molecule has 0 radical (unpaired) electrons. The van der Waals surface area contributed by atoms with Crippen molar-refractivity contribution in [2.24, 2.45) is 0 Å². The van der Waals surface area contributed by atoms with Gasteiger partial charge in [-0.15, -0.1) is 11.3 Å². The van der Waals surface area contributed by atoms with Crippen LogP contribution in [0, 0.1) is 6.92 Å². The molecule has 0 spiro atoms. The second-order valence-corrected chi connectivity index (χ2v) is 5.25. The number of amides is 1. The SMILES string of the molecule is CCNC(=O)CN(C)CC(=O)c1ccc(C)s1. The first-order valence-corrected chi connectivity index (χ1v) is 6.39. The zero-order valence-electron chi connectivity index (χ0n) is 10.4. The van der Waals surface area contributed by atoms with Crippen molar-refractivity contribution in [2.45, 2.75) is 13.8 Å². The molecule has 17 heavy (non-hydrogen) atoms. The summed E-state index contributed by atoms with van der Waals surface area (Å²) >= 11 is 1.49. The number of Topliss-reactive ketones (excluding diaryl/α,β-unsaturated/α-hetero) is 1. The van der Waals surface area contributed by atoms with Crippen molar-refractivity contribution in [3.63, 3.8) is 0 Å². The van der Waals surface area contributed by atoms with Gasteiger partial charge in [-0.1, -0.05) is 0 Å². The Balaban J connectivity index is 2.43. The van der Waals surface area contributed by atoms with Crippen LogP contribution in [0.15, 0.2) is 12.1 Å². The molecule has 1 heterocycles. The van der Waals surface area contributed by atoms with Crippen molar-refractivity contribution in [1.29, 1.82) is 0 Å². The molecule has 1 N–H and O–H groups in total. The molecule has 4 nitrogen and oxygen atoms in total. The number of nitrogens with one attached hydrogen (secondary N) is 1. The highest BCUT2D eigenvalue weighted by atomic mass is 32.1. The molecular formula is C12H18N2O2S. The highest BCUT2D eigenvalue weighted by Gasteiger charge is 2.13. The molecule has 0 aliphatic rings. The topological polar surface area (TPSA) is 49.4 Å². The third-order valence-electron chi connectivity index (χ3n) is 2.22. The van der Waals surface area contributed by atoms with Crippen molar-refractivity contribution >= 4 is 23.0 Å². The number of likely N-dealkylation sites (N-methyl/N-ethyl adjacent to an activating group) is 2. The first kappa shape index (κ1) is 13.9. The van der Waals surface area contributed by atoms with E-state index < -0.39 is 0 Å². The number of carbonyl (C=O) groups excluding carboxylic acids is 2. The van der Waals surface area contributed by atoms with Gasteiger partial charge < -0.3 is 5.32 Å². The molecule has 1 rings (SSSR count). The molecule has 5 heteroatoms. The van der Waals surface area contributed by atoms with Crippen molar-refractivity contribution in [3.05, 3.63) is 21.9 Å². The van der Waals surface area contributed by atoms with Crippen LogP contribution < -0.4 is 5.32 Å². The van der Waals surface area contributed by atoms with E-state index in [1.165, 1.54) is 11.3 Å². The van der Waals surface area contributed by atoms with Gasteiger partial charge >= 0.3 is 0 Å². The molecule has 0 aliphatic heterocycles. The number of thiophene rings is 1. The standard InChI is InChI=1S/C12H18N2O2S/c1-4-13-12(16)8-14(3)7-10(15)11-6-5-9(2)17-11/h5-6H,4,7-8H2,1-3H3,(H,13,16). The lowest BCUT2D eigenvalue weighted by Gasteiger charge is -2.14. The summed E-state index contributed by atoms with van der Waals surface area (Å²) in [6, 6.07) is 3.77. The second-order valence-electron chi connectivity index (χ2n) is 3.96. The average molecular weight is 254 g/mol. The summed E-state index contributed by atoms with van der Waals surface area (Å²) in [5.74, 6) is 0.0139. The van der Waals surface area contributed by atoms with Gasteiger partial charge in [0.1, 0.15) is 0 Å². The van der Waals surface area contributed by atoms with E-state index in [2.05, 4.69) is 5.32 Å². The minimum atomic E-state index is -0.0508. The molecule has 0 aliphatic carbocycles. The Morgan fingerprint density at radius 3 is 2.59 bits per heavy atom. The molecule has 1 aromatic rings. The molecule has 1 aromatic heterocycles. The number of ketones is 1. The number of nitrogens with zero attached hydrogens (tertiary/aromatic N) is 1. The number of hydrogen-bond acceptors (Lipinski definition) is 4. The summed E-state index contributed by atoms with van der Waals surface area (Å²) in [7, 11) is 1.77. The molecule has 0 bridgehead atoms. The van der Waals surface area contributed by atoms with Gasteiger partial charge in [0.2, 0.25) is 5.91 Å². The Morgan fingerprint density at radius 1 is 1.35 bits per heavy atom. The van der Waals surface area contributed by atoms with Crippen molar-refractivity contribution < 1.29 is 9.59 Å². The Hall–Kier alpha value is -1.20. The summed E-state index contributed by atoms with van der Waals surface area (Å²) in [4.78, 5) is 26.8. The van der Waals surface area contributed by atoms with Crippen LogP contribution in [0.1, 0.15) is 21.5 Å². The molecule has 0 fully saturated rings. The number of carbonyl (C=O) groups is 2. The van der Waals surface area contributed by atoms with E-state index in [1.807, 2.05) is 26.0 Å². The van der Waals surface area contributed by atoms with Crippen LogP contribution in [-0.2, 0) is 4.79 Å². The van der Waals surface area contributed by atoms with Crippen LogP contribution in [-0.4, -0.2) is 43.3 Å². The second kappa shape index (κ2) is 6.51. The summed E-state index contributed by atoms with van der Waals surface area (Å²) < 4.78 is 0. The maximum absolute atomic E-state index is 11.8. The smallest absolute Gasteiger partial charge is 0.234 e. The lowest BCUT2D eigenvalue weighted by atomic mass is 10.3. The van der Waals surface area contributed by atoms with Gasteiger partial charge in [-0.2, -0.15) is 0 Å². The Kier molecular flexibility index (Phi) is 5.31. The Morgan fingerprint density at radius 2 is 2.06 bits per heavy atom. The minimum absolute atomic E-state index is 0.0508. The number of rotatable bonds is 6. The third kappa shape index (κ3) is 4.66. The van der Waals surface area contributed by atoms with Crippen LogP contribution in [0.5, 0.6) is 0 Å². The van der Waals surface area contributed by atoms with Crippen LogP contribution in [0.2, 0.25) is 0 Å². The van der Waals surface area contributed by atoms with Crippen LogP contribution in [0.4, 0.5) is 0 Å². The quantitative estimate of drug-likeness (QED) is 0.779. The van der Waals surface area contributed by atoms with E-state index in [9.17, 15) is 9.59 Å². The predicted molar refractivity (Wildman–Crippen MR) is 69.6 cm³/mol. The molecule has 0 atom stereocenters. The third-order valence-corrected chi connectivity index (χ3v) is 3.26. The molecule has 94 valence electrons. The fourth-order valence-corrected chi connectivity index (χ4v) is 2.26. The summed E-state index contributed by atoms with van der Waals surface area (Å²) in [6.45, 7) is 4.99. The number of aryl methyl sites for hydroxylation is 1. The summed E-state index contributed by atoms with van der Waals surface area (Å²) in [5.41, 5.74) is 0. The summed E-state index contributed by atoms with van der Waals surface area (Å²) in [6.07, 6.45) is 0. The van der Waals surface area contributed by atoms with Crippen LogP contribution in [0.25, 0.3) is 0 Å². The fraction of sp³-hybridized carbons (Fsp3) is 0.500. The highest BCUT2D eigenvalue weighted by Crippen LogP contribution is 2.15. The Bertz CT molecular complexity index is 401. The maximum Gasteiger partial charge on any atom is 0.234 e. The lowest BCUT2D eigenvalue weighted by Crippen LogP contribution is -2.37. The molecule has 1 amide bonds. The monoisotopic (exact) mass is 254 g/mol. The van der Waals surface area contributed by atoms with Crippen LogP contribution >= 0.6 is 11.3 Å². The largest absolute Gasteiger partial charge is 0.355 e. The maximum atomic E-state index is 11.8. The van der Waals surface area contributed by atoms with Gasteiger partial charge in [0.25, 0.3) is 0 Å². The zero-order valence-corrected chi connectivity index (χ0v) is 11.3. The van der Waals surface area contributed by atoms with E-state index in [4.69, 9.17) is 0 Å². The van der Waals surface area contributed by atoms with E-state index in [-0.39, 0.29) is 24.8 Å². The van der Waals surface area contributed by atoms with E-state index in [0.717, 1.165) is 9.75 Å². The van der Waals surface area contributed by atoms with Gasteiger partial charge in [-0.05, 0) is 33.0 Å². The highest BCUT2D eigenvalue weighted by molar-refractivity contribution is 7.14. The fourth-order valence-electron chi connectivity index (χ4n) is 1.46. The molecular weight excluding hydrogens is 236 g/mol. The summed E-state index contributed by atoms with van der Waals surface area (Å²) in [5, 5.41) is 2.70. The first-order chi connectivity index (χ1) is 8.02. The minimum Gasteiger partial charge on any atom is -0.355 e. The van der Waals surface area contributed by atoms with Crippen molar-refractivity contribution in [2.75, 3.05) is 26.7 Å². The normalized spacial score (nSPS) is 10.6. The van der Waals surface area contributed by atoms with Crippen molar-refractivity contribution in [1.82, 2.24) is 10.2 Å². The van der Waals surface area contributed by atoms with Gasteiger partial charge in [0, 0.05) is 11.4 Å². The van der Waals surface area contributed by atoms with Crippen molar-refractivity contribution in [3.8, 4) is 0 Å². The molecule has 0 saturated heterocycles. The Labute approximate surface area is 106 Å². The number of hydrogen-bond donors (Lipinski definition) is 1. The molecule has 0 saturated carbocycles. The molecule has 0 unspecified atom stereocenters.